The van der Waals surface area contributed by atoms with E-state index in [1.165, 1.54) is 24.7 Å². The standard InChI is InChI=1S/C12H10N4O3/c17-12(10-8-13-5-6-14-10)15-7-9-3-1-2-4-11(9)16(18)19/h1-6,8H,7H2,(H,15,17). The molecule has 7 nitrogen and oxygen atoms in total. The third kappa shape index (κ3) is 3.09. The van der Waals surface area contributed by atoms with Crippen molar-refractivity contribution < 1.29 is 9.72 Å². The van der Waals surface area contributed by atoms with Crippen molar-refractivity contribution >= 4 is 11.6 Å². The van der Waals surface area contributed by atoms with Gasteiger partial charge in [-0.25, -0.2) is 4.98 Å². The lowest BCUT2D eigenvalue weighted by Gasteiger charge is -2.05. The molecule has 0 unspecified atom stereocenters. The van der Waals surface area contributed by atoms with Gasteiger partial charge in [0.05, 0.1) is 11.1 Å². The van der Waals surface area contributed by atoms with Crippen molar-refractivity contribution in [2.24, 2.45) is 0 Å². The van der Waals surface area contributed by atoms with Gasteiger partial charge in [-0.2, -0.15) is 0 Å². The number of rotatable bonds is 4. The molecule has 0 bridgehead atoms. The number of hydrogen-bond acceptors (Lipinski definition) is 5. The van der Waals surface area contributed by atoms with Crippen molar-refractivity contribution in [2.75, 3.05) is 0 Å². The molecule has 0 fully saturated rings. The second-order valence-electron chi connectivity index (χ2n) is 3.66. The molecule has 0 radical (unpaired) electrons. The van der Waals surface area contributed by atoms with Crippen LogP contribution >= 0.6 is 0 Å². The van der Waals surface area contributed by atoms with Gasteiger partial charge in [0.15, 0.2) is 0 Å². The third-order valence-electron chi connectivity index (χ3n) is 2.42. The van der Waals surface area contributed by atoms with E-state index in [-0.39, 0.29) is 17.9 Å². The smallest absolute Gasteiger partial charge is 0.274 e. The number of amides is 1. The van der Waals surface area contributed by atoms with E-state index in [1.807, 2.05) is 0 Å². The van der Waals surface area contributed by atoms with Crippen molar-refractivity contribution in [1.29, 1.82) is 0 Å². The number of benzene rings is 1. The van der Waals surface area contributed by atoms with E-state index >= 15 is 0 Å². The Labute approximate surface area is 108 Å². The van der Waals surface area contributed by atoms with Crippen LogP contribution in [0.15, 0.2) is 42.9 Å². The van der Waals surface area contributed by atoms with Gasteiger partial charge in [0.25, 0.3) is 11.6 Å². The van der Waals surface area contributed by atoms with Gasteiger partial charge < -0.3 is 5.32 Å². The highest BCUT2D eigenvalue weighted by atomic mass is 16.6. The Hall–Kier alpha value is -2.83. The summed E-state index contributed by atoms with van der Waals surface area (Å²) < 4.78 is 0. The molecule has 19 heavy (non-hydrogen) atoms. The maximum atomic E-state index is 11.7. The lowest BCUT2D eigenvalue weighted by atomic mass is 10.2. The summed E-state index contributed by atoms with van der Waals surface area (Å²) in [5, 5.41) is 13.4. The first-order chi connectivity index (χ1) is 9.18. The molecule has 0 spiro atoms. The van der Waals surface area contributed by atoms with E-state index in [0.717, 1.165) is 0 Å². The van der Waals surface area contributed by atoms with Crippen LogP contribution in [0.1, 0.15) is 16.1 Å². The number of aromatic nitrogens is 2. The first kappa shape index (κ1) is 12.6. The van der Waals surface area contributed by atoms with Crippen LogP contribution < -0.4 is 5.32 Å². The van der Waals surface area contributed by atoms with Crippen LogP contribution in [0.3, 0.4) is 0 Å². The van der Waals surface area contributed by atoms with Crippen molar-refractivity contribution in [3.05, 3.63) is 64.2 Å². The monoisotopic (exact) mass is 258 g/mol. The molecular formula is C12H10N4O3. The predicted octanol–water partition coefficient (Wildman–Crippen LogP) is 1.31. The largest absolute Gasteiger partial charge is 0.346 e. The highest BCUT2D eigenvalue weighted by molar-refractivity contribution is 5.91. The number of nitrogens with one attached hydrogen (secondary N) is 1. The van der Waals surface area contributed by atoms with Crippen LogP contribution in [-0.2, 0) is 6.54 Å². The van der Waals surface area contributed by atoms with Gasteiger partial charge in [0, 0.05) is 30.6 Å². The fraction of sp³-hybridized carbons (Fsp3) is 0.0833. The number of para-hydroxylation sites is 1. The van der Waals surface area contributed by atoms with Gasteiger partial charge in [-0.1, -0.05) is 18.2 Å². The summed E-state index contributed by atoms with van der Waals surface area (Å²) in [6.45, 7) is 0.0621. The SMILES string of the molecule is O=C(NCc1ccccc1[N+](=O)[O-])c1cnccn1. The average molecular weight is 258 g/mol. The zero-order valence-electron chi connectivity index (χ0n) is 9.81. The van der Waals surface area contributed by atoms with Crippen molar-refractivity contribution in [3.8, 4) is 0 Å². The zero-order chi connectivity index (χ0) is 13.7. The molecule has 7 heteroatoms. The van der Waals surface area contributed by atoms with Crippen LogP contribution in [0.4, 0.5) is 5.69 Å². The van der Waals surface area contributed by atoms with Crippen molar-refractivity contribution in [1.82, 2.24) is 15.3 Å². The normalized spacial score (nSPS) is 9.89. The summed E-state index contributed by atoms with van der Waals surface area (Å²) in [4.78, 5) is 29.7. The molecule has 1 aromatic carbocycles. The van der Waals surface area contributed by atoms with E-state index in [9.17, 15) is 14.9 Å². The van der Waals surface area contributed by atoms with Gasteiger partial charge in [-0.3, -0.25) is 19.9 Å². The molecule has 1 amide bonds. The average Bonchev–Trinajstić information content (AvgIpc) is 2.46. The van der Waals surface area contributed by atoms with E-state index in [4.69, 9.17) is 0 Å². The number of nitro groups is 1. The topological polar surface area (TPSA) is 98.0 Å². The third-order valence-corrected chi connectivity index (χ3v) is 2.42. The van der Waals surface area contributed by atoms with E-state index in [2.05, 4.69) is 15.3 Å². The molecule has 0 aliphatic carbocycles. The van der Waals surface area contributed by atoms with Crippen molar-refractivity contribution in [2.45, 2.75) is 6.54 Å². The summed E-state index contributed by atoms with van der Waals surface area (Å²) in [6, 6.07) is 6.24. The minimum absolute atomic E-state index is 0.0260. The fourth-order valence-corrected chi connectivity index (χ4v) is 1.52. The lowest BCUT2D eigenvalue weighted by molar-refractivity contribution is -0.385. The predicted molar refractivity (Wildman–Crippen MR) is 66.3 cm³/mol. The number of carbonyl (C=O) groups excluding carboxylic acids is 1. The van der Waals surface area contributed by atoms with Crippen LogP contribution in [0.5, 0.6) is 0 Å². The summed E-state index contributed by atoms with van der Waals surface area (Å²) in [5.41, 5.74) is 0.577. The van der Waals surface area contributed by atoms with Gasteiger partial charge in [0.1, 0.15) is 5.69 Å². The van der Waals surface area contributed by atoms with Gasteiger partial charge in [0.2, 0.25) is 0 Å². The summed E-state index contributed by atoms with van der Waals surface area (Å²) in [6.07, 6.45) is 4.19. The van der Waals surface area contributed by atoms with Crippen LogP contribution in [0, 0.1) is 10.1 Å². The molecule has 0 aliphatic rings. The maximum Gasteiger partial charge on any atom is 0.274 e. The number of nitro benzene ring substituents is 1. The second kappa shape index (κ2) is 5.67. The molecule has 96 valence electrons. The molecule has 0 saturated carbocycles. The highest BCUT2D eigenvalue weighted by Crippen LogP contribution is 2.17. The maximum absolute atomic E-state index is 11.7. The van der Waals surface area contributed by atoms with E-state index in [0.29, 0.717) is 5.56 Å². The Morgan fingerprint density at radius 3 is 2.79 bits per heavy atom. The zero-order valence-corrected chi connectivity index (χ0v) is 9.81. The second-order valence-corrected chi connectivity index (χ2v) is 3.66. The Bertz CT molecular complexity index is 601. The van der Waals surface area contributed by atoms with Gasteiger partial charge >= 0.3 is 0 Å². The quantitative estimate of drug-likeness (QED) is 0.658. The number of hydrogen-bond donors (Lipinski definition) is 1. The number of carbonyl (C=O) groups is 1. The van der Waals surface area contributed by atoms with Crippen LogP contribution in [0.25, 0.3) is 0 Å². The Morgan fingerprint density at radius 2 is 2.11 bits per heavy atom. The van der Waals surface area contributed by atoms with E-state index in [1.54, 1.807) is 18.2 Å². The molecule has 0 atom stereocenters. The highest BCUT2D eigenvalue weighted by Gasteiger charge is 2.13. The molecule has 2 aromatic rings. The van der Waals surface area contributed by atoms with Gasteiger partial charge in [-0.15, -0.1) is 0 Å². The molecular weight excluding hydrogens is 248 g/mol. The minimum Gasteiger partial charge on any atom is -0.346 e. The molecule has 1 aromatic heterocycles. The molecule has 1 heterocycles. The fourth-order valence-electron chi connectivity index (χ4n) is 1.52. The molecule has 0 aliphatic heterocycles. The lowest BCUT2D eigenvalue weighted by Crippen LogP contribution is -2.24. The molecule has 2 rings (SSSR count). The van der Waals surface area contributed by atoms with Crippen molar-refractivity contribution in [3.63, 3.8) is 0 Å². The first-order valence-electron chi connectivity index (χ1n) is 5.45. The van der Waals surface area contributed by atoms with Gasteiger partial charge in [-0.05, 0) is 0 Å². The minimum atomic E-state index is -0.482. The van der Waals surface area contributed by atoms with E-state index < -0.39 is 10.8 Å². The Kier molecular flexibility index (Phi) is 3.77. The Balaban J connectivity index is 2.07. The summed E-state index contributed by atoms with van der Waals surface area (Å²) in [7, 11) is 0. The molecule has 1 N–H and O–H groups in total. The summed E-state index contributed by atoms with van der Waals surface area (Å²) in [5.74, 6) is -0.425. The molecule has 0 saturated heterocycles. The van der Waals surface area contributed by atoms with Crippen LogP contribution in [-0.4, -0.2) is 20.8 Å². The summed E-state index contributed by atoms with van der Waals surface area (Å²) >= 11 is 0. The number of nitrogens with zero attached hydrogens (tertiary/aromatic N) is 3. The first-order valence-corrected chi connectivity index (χ1v) is 5.45. The Morgan fingerprint density at radius 1 is 1.32 bits per heavy atom. The van der Waals surface area contributed by atoms with Crippen LogP contribution in [0.2, 0.25) is 0 Å².